The van der Waals surface area contributed by atoms with Gasteiger partial charge in [0.2, 0.25) is 0 Å². The quantitative estimate of drug-likeness (QED) is 0.480. The molecule has 1 saturated carbocycles. The van der Waals surface area contributed by atoms with Gasteiger partial charge in [-0.2, -0.15) is 4.72 Å². The minimum Gasteiger partial charge on any atom is -0.480 e. The van der Waals surface area contributed by atoms with Gasteiger partial charge >= 0.3 is 5.97 Å². The molecule has 1 heterocycles. The monoisotopic (exact) mass is 511 g/mol. The lowest BCUT2D eigenvalue weighted by Crippen LogP contribution is -2.44. The molecule has 2 N–H and O–H groups in total. The molecule has 0 bridgehead atoms. The Balaban J connectivity index is 1.62. The second kappa shape index (κ2) is 7.52. The Kier molecular flexibility index (Phi) is 5.33. The molecule has 2 aromatic carbocycles. The summed E-state index contributed by atoms with van der Waals surface area (Å²) in [5.41, 5.74) is 0.0598. The van der Waals surface area contributed by atoms with Gasteiger partial charge in [-0.3, -0.25) is 4.79 Å². The maximum Gasteiger partial charge on any atom is 0.325 e. The molecule has 0 aliphatic heterocycles. The topological polar surface area (TPSA) is 83.5 Å². The number of sulfonamides is 1. The van der Waals surface area contributed by atoms with Crippen LogP contribution in [0.15, 0.2) is 69.3 Å². The number of aliphatic carboxylic acids is 1. The Morgan fingerprint density at radius 1 is 1.14 bits per heavy atom. The van der Waals surface area contributed by atoms with Gasteiger partial charge in [0.25, 0.3) is 10.0 Å². The van der Waals surface area contributed by atoms with Crippen LogP contribution in [-0.4, -0.2) is 25.0 Å². The normalized spacial score (nSPS) is 21.1. The average Bonchev–Trinajstić information content (AvgIpc) is 3.16. The minimum atomic E-state index is -4.00. The van der Waals surface area contributed by atoms with Crippen LogP contribution in [0, 0.1) is 0 Å². The van der Waals surface area contributed by atoms with E-state index in [1.165, 1.54) is 6.07 Å². The van der Waals surface area contributed by atoms with E-state index in [4.69, 9.17) is 11.6 Å². The molecule has 0 radical (unpaired) electrons. The van der Waals surface area contributed by atoms with Crippen molar-refractivity contribution in [2.24, 2.45) is 0 Å². The standard InChI is InChI=1S/C20H15BrClNO4S2/c21-16-4-2-1-3-14(16)15-11-20(15,19(24)25)23-29(26,27)18-10-9-17(28-18)12-5-7-13(22)8-6-12/h1-10,15,23H,11H2,(H,24,25)/t15-,20-/m0/s1. The maximum atomic E-state index is 13.0. The van der Waals surface area contributed by atoms with E-state index in [0.717, 1.165) is 31.8 Å². The van der Waals surface area contributed by atoms with Crippen LogP contribution in [0.5, 0.6) is 0 Å². The summed E-state index contributed by atoms with van der Waals surface area (Å²) in [5.74, 6) is -1.63. The van der Waals surface area contributed by atoms with Crippen molar-refractivity contribution in [1.29, 1.82) is 0 Å². The molecular weight excluding hydrogens is 498 g/mol. The van der Waals surface area contributed by atoms with Crippen molar-refractivity contribution in [2.75, 3.05) is 0 Å². The predicted molar refractivity (Wildman–Crippen MR) is 117 cm³/mol. The van der Waals surface area contributed by atoms with Crippen molar-refractivity contribution in [2.45, 2.75) is 22.1 Å². The third-order valence-corrected chi connectivity index (χ3v) is 9.02. The van der Waals surface area contributed by atoms with E-state index in [1.807, 2.05) is 12.1 Å². The molecule has 2 atom stereocenters. The Labute approximate surface area is 185 Å². The Hall–Kier alpha value is -1.71. The van der Waals surface area contributed by atoms with Gasteiger partial charge in [-0.25, -0.2) is 8.42 Å². The molecule has 1 aliphatic carbocycles. The number of benzene rings is 2. The molecule has 150 valence electrons. The highest BCUT2D eigenvalue weighted by molar-refractivity contribution is 9.10. The van der Waals surface area contributed by atoms with Gasteiger partial charge in [0.1, 0.15) is 9.75 Å². The summed E-state index contributed by atoms with van der Waals surface area (Å²) < 4.78 is 29.2. The van der Waals surface area contributed by atoms with Crippen LogP contribution in [0.3, 0.4) is 0 Å². The first-order valence-corrected chi connectivity index (χ1v) is 12.1. The summed E-state index contributed by atoms with van der Waals surface area (Å²) >= 11 is 10.4. The number of halogens is 2. The Bertz CT molecular complexity index is 1190. The van der Waals surface area contributed by atoms with E-state index in [-0.39, 0.29) is 10.6 Å². The molecule has 29 heavy (non-hydrogen) atoms. The van der Waals surface area contributed by atoms with Crippen LogP contribution in [0.2, 0.25) is 5.02 Å². The lowest BCUT2D eigenvalue weighted by atomic mass is 10.1. The second-order valence-electron chi connectivity index (χ2n) is 6.79. The van der Waals surface area contributed by atoms with E-state index in [9.17, 15) is 18.3 Å². The molecule has 1 aliphatic rings. The van der Waals surface area contributed by atoms with Crippen LogP contribution in [-0.2, 0) is 14.8 Å². The van der Waals surface area contributed by atoms with Crippen molar-refractivity contribution in [1.82, 2.24) is 4.72 Å². The van der Waals surface area contributed by atoms with Crippen LogP contribution in [0.4, 0.5) is 0 Å². The highest BCUT2D eigenvalue weighted by atomic mass is 79.9. The maximum absolute atomic E-state index is 13.0. The lowest BCUT2D eigenvalue weighted by Gasteiger charge is -2.15. The number of rotatable bonds is 6. The van der Waals surface area contributed by atoms with Gasteiger partial charge in [0.05, 0.1) is 0 Å². The zero-order valence-electron chi connectivity index (χ0n) is 14.8. The number of carboxylic acid groups (broad SMARTS) is 1. The number of thiophene rings is 1. The number of nitrogens with one attached hydrogen (secondary N) is 1. The zero-order chi connectivity index (χ0) is 20.8. The lowest BCUT2D eigenvalue weighted by molar-refractivity contribution is -0.140. The molecule has 1 aromatic heterocycles. The summed E-state index contributed by atoms with van der Waals surface area (Å²) in [6, 6.07) is 17.5. The van der Waals surface area contributed by atoms with Crippen molar-refractivity contribution in [3.63, 3.8) is 0 Å². The van der Waals surface area contributed by atoms with Gasteiger partial charge in [-0.05, 0) is 47.9 Å². The first kappa shape index (κ1) is 20.6. The molecule has 0 unspecified atom stereocenters. The number of hydrogen-bond donors (Lipinski definition) is 2. The summed E-state index contributed by atoms with van der Waals surface area (Å²) in [5, 5.41) is 10.4. The molecule has 9 heteroatoms. The van der Waals surface area contributed by atoms with E-state index in [2.05, 4.69) is 20.7 Å². The first-order valence-electron chi connectivity index (χ1n) is 8.60. The van der Waals surface area contributed by atoms with Crippen LogP contribution in [0.1, 0.15) is 17.9 Å². The molecule has 5 nitrogen and oxygen atoms in total. The average molecular weight is 513 g/mol. The summed E-state index contributed by atoms with van der Waals surface area (Å²) in [6.07, 6.45) is 0.194. The van der Waals surface area contributed by atoms with Crippen molar-refractivity contribution in [3.8, 4) is 10.4 Å². The highest BCUT2D eigenvalue weighted by Gasteiger charge is 2.63. The second-order valence-corrected chi connectivity index (χ2v) is 11.1. The van der Waals surface area contributed by atoms with Gasteiger partial charge in [-0.1, -0.05) is 57.9 Å². The molecule has 0 saturated heterocycles. The predicted octanol–water partition coefficient (Wildman–Crippen LogP) is 5.12. The van der Waals surface area contributed by atoms with Gasteiger partial charge in [0.15, 0.2) is 0 Å². The van der Waals surface area contributed by atoms with Gasteiger partial charge < -0.3 is 5.11 Å². The third-order valence-electron chi connectivity index (χ3n) is 4.91. The minimum absolute atomic E-state index is 0.0702. The number of carboxylic acids is 1. The van der Waals surface area contributed by atoms with Crippen LogP contribution in [0.25, 0.3) is 10.4 Å². The van der Waals surface area contributed by atoms with Crippen LogP contribution >= 0.6 is 38.9 Å². The number of carbonyl (C=O) groups is 1. The van der Waals surface area contributed by atoms with Gasteiger partial charge in [-0.15, -0.1) is 11.3 Å². The van der Waals surface area contributed by atoms with Crippen molar-refractivity contribution >= 4 is 54.9 Å². The largest absolute Gasteiger partial charge is 0.480 e. The smallest absolute Gasteiger partial charge is 0.325 e. The SMILES string of the molecule is O=C(O)[C@]1(NS(=O)(=O)c2ccc(-c3ccc(Cl)cc3)s2)C[C@H]1c1ccccc1Br. The van der Waals surface area contributed by atoms with Crippen molar-refractivity contribution in [3.05, 3.63) is 75.7 Å². The molecule has 0 amide bonds. The third kappa shape index (κ3) is 3.87. The highest BCUT2D eigenvalue weighted by Crippen LogP contribution is 2.54. The van der Waals surface area contributed by atoms with E-state index in [1.54, 1.807) is 42.5 Å². The van der Waals surface area contributed by atoms with E-state index in [0.29, 0.717) is 5.02 Å². The fourth-order valence-electron chi connectivity index (χ4n) is 3.31. The van der Waals surface area contributed by atoms with Crippen molar-refractivity contribution < 1.29 is 18.3 Å². The van der Waals surface area contributed by atoms with E-state index < -0.39 is 27.4 Å². The fraction of sp³-hybridized carbons (Fsp3) is 0.150. The molecule has 3 aromatic rings. The van der Waals surface area contributed by atoms with Gasteiger partial charge in [0, 0.05) is 20.3 Å². The molecule has 4 rings (SSSR count). The summed E-state index contributed by atoms with van der Waals surface area (Å²) in [7, 11) is -4.00. The summed E-state index contributed by atoms with van der Waals surface area (Å²) in [6.45, 7) is 0. The number of hydrogen-bond acceptors (Lipinski definition) is 4. The zero-order valence-corrected chi connectivity index (χ0v) is 18.8. The molecular formula is C20H15BrClNO4S2. The molecule has 0 spiro atoms. The van der Waals surface area contributed by atoms with Crippen LogP contribution < -0.4 is 4.72 Å². The van der Waals surface area contributed by atoms with E-state index >= 15 is 0 Å². The molecule has 1 fully saturated rings. The fourth-order valence-corrected chi connectivity index (χ4v) is 6.72. The Morgan fingerprint density at radius 2 is 1.83 bits per heavy atom. The first-order chi connectivity index (χ1) is 13.7. The Morgan fingerprint density at radius 3 is 2.48 bits per heavy atom. The summed E-state index contributed by atoms with van der Waals surface area (Å²) in [4.78, 5) is 12.7.